The third-order valence-electron chi connectivity index (χ3n) is 2.66. The molecule has 1 rings (SSSR count). The summed E-state index contributed by atoms with van der Waals surface area (Å²) in [7, 11) is -3.83. The Labute approximate surface area is 88.6 Å². The van der Waals surface area contributed by atoms with Crippen LogP contribution in [-0.2, 0) is 14.8 Å². The van der Waals surface area contributed by atoms with Crippen LogP contribution in [0.1, 0.15) is 19.8 Å². The largest absolute Gasteiger partial charge is 0.480 e. The minimum atomic E-state index is -3.83. The molecule has 1 aliphatic rings. The van der Waals surface area contributed by atoms with Crippen LogP contribution in [0.4, 0.5) is 0 Å². The van der Waals surface area contributed by atoms with E-state index in [0.717, 1.165) is 11.2 Å². The highest BCUT2D eigenvalue weighted by molar-refractivity contribution is 7.90. The molecular formula is C8H15NO5S. The second-order valence-corrected chi connectivity index (χ2v) is 5.82. The van der Waals surface area contributed by atoms with Crippen LogP contribution >= 0.6 is 0 Å². The number of hydrogen-bond donors (Lipinski definition) is 2. The first-order chi connectivity index (χ1) is 6.91. The van der Waals surface area contributed by atoms with E-state index in [4.69, 9.17) is 10.2 Å². The number of aliphatic hydroxyl groups excluding tert-OH is 1. The second kappa shape index (κ2) is 4.46. The van der Waals surface area contributed by atoms with Crippen LogP contribution < -0.4 is 0 Å². The molecule has 1 saturated heterocycles. The van der Waals surface area contributed by atoms with Crippen LogP contribution in [0.5, 0.6) is 0 Å². The van der Waals surface area contributed by atoms with E-state index in [2.05, 4.69) is 0 Å². The molecule has 0 saturated carbocycles. The highest BCUT2D eigenvalue weighted by atomic mass is 32.2. The van der Waals surface area contributed by atoms with Crippen LogP contribution in [0.25, 0.3) is 0 Å². The van der Waals surface area contributed by atoms with Gasteiger partial charge in [0.05, 0.1) is 6.61 Å². The van der Waals surface area contributed by atoms with Gasteiger partial charge in [-0.25, -0.2) is 8.42 Å². The first-order valence-corrected chi connectivity index (χ1v) is 6.26. The van der Waals surface area contributed by atoms with E-state index in [1.165, 1.54) is 0 Å². The molecule has 88 valence electrons. The van der Waals surface area contributed by atoms with Gasteiger partial charge in [-0.2, -0.15) is 4.31 Å². The number of aliphatic carboxylic acids is 1. The van der Waals surface area contributed by atoms with Crippen molar-refractivity contribution < 1.29 is 23.4 Å². The summed E-state index contributed by atoms with van der Waals surface area (Å²) in [5.41, 5.74) is 0. The minimum absolute atomic E-state index is 0.258. The maximum atomic E-state index is 11.8. The Balaban J connectivity index is 2.90. The first kappa shape index (κ1) is 12.4. The Kier molecular flexibility index (Phi) is 3.69. The number of hydrogen-bond acceptors (Lipinski definition) is 4. The van der Waals surface area contributed by atoms with Gasteiger partial charge in [-0.3, -0.25) is 4.79 Å². The average Bonchev–Trinajstić information content (AvgIpc) is 2.64. The lowest BCUT2D eigenvalue weighted by molar-refractivity contribution is -0.136. The lowest BCUT2D eigenvalue weighted by Gasteiger charge is -2.24. The quantitative estimate of drug-likeness (QED) is 0.670. The van der Waals surface area contributed by atoms with Gasteiger partial charge in [0.15, 0.2) is 5.25 Å². The SMILES string of the molecule is CC(C(=O)O)S(=O)(=O)N1CCC[C@@H]1CO. The molecule has 0 spiro atoms. The molecule has 7 heteroatoms. The highest BCUT2D eigenvalue weighted by Gasteiger charge is 2.39. The second-order valence-electron chi connectivity index (χ2n) is 3.61. The standard InChI is InChI=1S/C8H15NO5S/c1-6(8(11)12)15(13,14)9-4-2-3-7(9)5-10/h6-7,10H,2-5H2,1H3,(H,11,12)/t6?,7-/m1/s1. The molecule has 0 aromatic carbocycles. The minimum Gasteiger partial charge on any atom is -0.480 e. The van der Waals surface area contributed by atoms with Crippen LogP contribution in [0.2, 0.25) is 0 Å². The summed E-state index contributed by atoms with van der Waals surface area (Å²) in [6.45, 7) is 1.18. The number of carboxylic acids is 1. The fraction of sp³-hybridized carbons (Fsp3) is 0.875. The van der Waals surface area contributed by atoms with Crippen LogP contribution in [0.15, 0.2) is 0 Å². The van der Waals surface area contributed by atoms with E-state index in [1.54, 1.807) is 0 Å². The smallest absolute Gasteiger partial charge is 0.323 e. The van der Waals surface area contributed by atoms with E-state index < -0.39 is 27.3 Å². The Morgan fingerprint density at radius 2 is 2.20 bits per heavy atom. The average molecular weight is 237 g/mol. The Hall–Kier alpha value is -0.660. The summed E-state index contributed by atoms with van der Waals surface area (Å²) in [4.78, 5) is 10.6. The Morgan fingerprint density at radius 3 is 2.67 bits per heavy atom. The third-order valence-corrected chi connectivity index (χ3v) is 4.88. The zero-order chi connectivity index (χ0) is 11.6. The van der Waals surface area contributed by atoms with Crippen molar-refractivity contribution in [3.8, 4) is 0 Å². The van der Waals surface area contributed by atoms with Crippen LogP contribution in [0, 0.1) is 0 Å². The molecule has 6 nitrogen and oxygen atoms in total. The molecule has 0 bridgehead atoms. The van der Waals surface area contributed by atoms with Crippen molar-refractivity contribution in [1.82, 2.24) is 4.31 Å². The van der Waals surface area contributed by atoms with E-state index in [9.17, 15) is 13.2 Å². The molecule has 0 aromatic rings. The van der Waals surface area contributed by atoms with Crippen molar-refractivity contribution in [2.24, 2.45) is 0 Å². The summed E-state index contributed by atoms with van der Waals surface area (Å²) < 4.78 is 24.7. The molecule has 1 aliphatic heterocycles. The topological polar surface area (TPSA) is 94.9 Å². The molecule has 0 aliphatic carbocycles. The zero-order valence-corrected chi connectivity index (χ0v) is 9.27. The number of rotatable bonds is 4. The lowest BCUT2D eigenvalue weighted by Crippen LogP contribution is -2.44. The van der Waals surface area contributed by atoms with Crippen molar-refractivity contribution in [2.75, 3.05) is 13.2 Å². The van der Waals surface area contributed by atoms with Crippen molar-refractivity contribution in [1.29, 1.82) is 0 Å². The highest BCUT2D eigenvalue weighted by Crippen LogP contribution is 2.23. The third kappa shape index (κ3) is 2.30. The summed E-state index contributed by atoms with van der Waals surface area (Å²) in [5.74, 6) is -1.36. The lowest BCUT2D eigenvalue weighted by atomic mass is 10.2. The molecular weight excluding hydrogens is 222 g/mol. The predicted molar refractivity (Wildman–Crippen MR) is 52.8 cm³/mol. The van der Waals surface area contributed by atoms with Crippen molar-refractivity contribution in [3.05, 3.63) is 0 Å². The fourth-order valence-corrected chi connectivity index (χ4v) is 3.29. The number of carboxylic acid groups (broad SMARTS) is 1. The van der Waals surface area contributed by atoms with Crippen LogP contribution in [0.3, 0.4) is 0 Å². The Bertz CT molecular complexity index is 339. The normalized spacial score (nSPS) is 25.3. The molecule has 1 unspecified atom stereocenters. The van der Waals surface area contributed by atoms with Gasteiger partial charge in [-0.1, -0.05) is 0 Å². The molecule has 2 N–H and O–H groups in total. The van der Waals surface area contributed by atoms with Gasteiger partial charge in [-0.15, -0.1) is 0 Å². The molecule has 0 radical (unpaired) electrons. The van der Waals surface area contributed by atoms with Gasteiger partial charge >= 0.3 is 5.97 Å². The predicted octanol–water partition coefficient (Wildman–Crippen LogP) is -0.754. The first-order valence-electron chi connectivity index (χ1n) is 4.75. The van der Waals surface area contributed by atoms with E-state index in [0.29, 0.717) is 19.4 Å². The van der Waals surface area contributed by atoms with Crippen molar-refractivity contribution >= 4 is 16.0 Å². The number of aliphatic hydroxyl groups is 1. The van der Waals surface area contributed by atoms with E-state index in [1.807, 2.05) is 0 Å². The molecule has 15 heavy (non-hydrogen) atoms. The molecule has 1 fully saturated rings. The van der Waals surface area contributed by atoms with Gasteiger partial charge in [0.2, 0.25) is 10.0 Å². The van der Waals surface area contributed by atoms with Crippen LogP contribution in [-0.4, -0.2) is 53.3 Å². The van der Waals surface area contributed by atoms with Crippen molar-refractivity contribution in [2.45, 2.75) is 31.1 Å². The monoisotopic (exact) mass is 237 g/mol. The van der Waals surface area contributed by atoms with Gasteiger partial charge in [-0.05, 0) is 19.8 Å². The fourth-order valence-electron chi connectivity index (χ4n) is 1.66. The molecule has 2 atom stereocenters. The van der Waals surface area contributed by atoms with E-state index >= 15 is 0 Å². The summed E-state index contributed by atoms with van der Waals surface area (Å²) >= 11 is 0. The number of nitrogens with zero attached hydrogens (tertiary/aromatic N) is 1. The number of sulfonamides is 1. The molecule has 0 amide bonds. The summed E-state index contributed by atoms with van der Waals surface area (Å²) in [6, 6.07) is -0.461. The number of carbonyl (C=O) groups is 1. The van der Waals surface area contributed by atoms with Gasteiger partial charge in [0.1, 0.15) is 0 Å². The molecule has 0 aromatic heterocycles. The van der Waals surface area contributed by atoms with E-state index in [-0.39, 0.29) is 6.61 Å². The molecule has 1 heterocycles. The zero-order valence-electron chi connectivity index (χ0n) is 8.46. The Morgan fingerprint density at radius 1 is 1.60 bits per heavy atom. The van der Waals surface area contributed by atoms with Gasteiger partial charge < -0.3 is 10.2 Å². The maximum absolute atomic E-state index is 11.8. The van der Waals surface area contributed by atoms with Crippen molar-refractivity contribution in [3.63, 3.8) is 0 Å². The summed E-state index contributed by atoms with van der Waals surface area (Å²) in [6.07, 6.45) is 1.25. The maximum Gasteiger partial charge on any atom is 0.323 e. The van der Waals surface area contributed by atoms with Gasteiger partial charge in [0, 0.05) is 12.6 Å². The summed E-state index contributed by atoms with van der Waals surface area (Å²) in [5, 5.41) is 16.2. The van der Waals surface area contributed by atoms with Gasteiger partial charge in [0.25, 0.3) is 0 Å².